The van der Waals surface area contributed by atoms with E-state index in [-0.39, 0.29) is 11.3 Å². The van der Waals surface area contributed by atoms with Gasteiger partial charge in [-0.2, -0.15) is 0 Å². The number of benzene rings is 2. The van der Waals surface area contributed by atoms with E-state index in [2.05, 4.69) is 5.32 Å². The first-order valence-electron chi connectivity index (χ1n) is 6.46. The van der Waals surface area contributed by atoms with E-state index in [1.54, 1.807) is 0 Å². The normalized spacial score (nSPS) is 15.4. The second kappa shape index (κ2) is 5.47. The van der Waals surface area contributed by atoms with Crippen molar-refractivity contribution in [1.29, 1.82) is 0 Å². The quantitative estimate of drug-likeness (QED) is 0.836. The fraction of sp³-hybridized carbons (Fsp3) is 0.188. The van der Waals surface area contributed by atoms with Crippen LogP contribution in [0.2, 0.25) is 5.02 Å². The summed E-state index contributed by atoms with van der Waals surface area (Å²) in [6, 6.07) is 13.3. The molecule has 1 aliphatic rings. The van der Waals surface area contributed by atoms with E-state index in [9.17, 15) is 4.79 Å². The fourth-order valence-electron chi connectivity index (χ4n) is 2.44. The Kier molecular flexibility index (Phi) is 3.68. The van der Waals surface area contributed by atoms with Crippen LogP contribution in [-0.4, -0.2) is 12.5 Å². The summed E-state index contributed by atoms with van der Waals surface area (Å²) in [6.45, 7) is 0.698. The molecule has 1 N–H and O–H groups in total. The lowest BCUT2D eigenvalue weighted by molar-refractivity contribution is 0.0946. The van der Waals surface area contributed by atoms with Crippen molar-refractivity contribution >= 4 is 29.1 Å². The molecule has 2 aromatic carbocycles. The highest BCUT2D eigenvalue weighted by atomic mass is 35.5. The van der Waals surface area contributed by atoms with Crippen LogP contribution in [0.3, 0.4) is 0 Å². The van der Waals surface area contributed by atoms with Crippen LogP contribution >= 0.6 is 23.2 Å². The van der Waals surface area contributed by atoms with Gasteiger partial charge >= 0.3 is 0 Å². The van der Waals surface area contributed by atoms with Crippen molar-refractivity contribution in [3.8, 4) is 0 Å². The van der Waals surface area contributed by atoms with E-state index in [4.69, 9.17) is 23.2 Å². The average Bonchev–Trinajstić information content (AvgIpc) is 2.47. The maximum absolute atomic E-state index is 11.9. The lowest BCUT2D eigenvalue weighted by Gasteiger charge is -2.19. The van der Waals surface area contributed by atoms with Crippen molar-refractivity contribution in [3.63, 3.8) is 0 Å². The lowest BCUT2D eigenvalue weighted by Crippen LogP contribution is -2.31. The molecule has 0 aromatic heterocycles. The molecular formula is C16H13Cl2NO. The Morgan fingerprint density at radius 3 is 2.70 bits per heavy atom. The van der Waals surface area contributed by atoms with Gasteiger partial charge in [-0.1, -0.05) is 35.9 Å². The first kappa shape index (κ1) is 13.5. The summed E-state index contributed by atoms with van der Waals surface area (Å²) < 4.78 is 0. The Labute approximate surface area is 127 Å². The van der Waals surface area contributed by atoms with Crippen molar-refractivity contribution < 1.29 is 4.79 Å². The maximum Gasteiger partial charge on any atom is 0.251 e. The van der Waals surface area contributed by atoms with E-state index in [0.717, 1.165) is 28.7 Å². The molecule has 2 aromatic rings. The minimum atomic E-state index is -0.311. The third-order valence-electron chi connectivity index (χ3n) is 3.49. The van der Waals surface area contributed by atoms with Crippen LogP contribution in [0.1, 0.15) is 32.4 Å². The molecule has 2 nitrogen and oxygen atoms in total. The Morgan fingerprint density at radius 1 is 1.10 bits per heavy atom. The number of nitrogens with one attached hydrogen (secondary N) is 1. The number of amides is 1. The summed E-state index contributed by atoms with van der Waals surface area (Å²) in [4.78, 5) is 11.9. The van der Waals surface area contributed by atoms with Crippen molar-refractivity contribution in [2.45, 2.75) is 11.8 Å². The minimum absolute atomic E-state index is 0.0249. The second-order valence-corrected chi connectivity index (χ2v) is 5.71. The molecule has 1 unspecified atom stereocenters. The summed E-state index contributed by atoms with van der Waals surface area (Å²) in [5, 5.41) is 3.20. The highest BCUT2D eigenvalue weighted by Gasteiger charge is 2.19. The van der Waals surface area contributed by atoms with Gasteiger partial charge in [-0.15, -0.1) is 11.6 Å². The molecule has 0 aliphatic carbocycles. The molecule has 0 radical (unpaired) electrons. The topological polar surface area (TPSA) is 29.1 Å². The number of hydrogen-bond donors (Lipinski definition) is 1. The van der Waals surface area contributed by atoms with Gasteiger partial charge < -0.3 is 5.32 Å². The van der Waals surface area contributed by atoms with Crippen LogP contribution in [0.15, 0.2) is 42.5 Å². The van der Waals surface area contributed by atoms with E-state index < -0.39 is 0 Å². The first-order chi connectivity index (χ1) is 9.65. The average molecular weight is 306 g/mol. The third kappa shape index (κ3) is 2.54. The zero-order chi connectivity index (χ0) is 14.1. The Morgan fingerprint density at radius 2 is 1.90 bits per heavy atom. The molecule has 4 heteroatoms. The molecule has 0 fully saturated rings. The molecule has 1 heterocycles. The molecule has 3 rings (SSSR count). The van der Waals surface area contributed by atoms with Gasteiger partial charge in [0, 0.05) is 17.1 Å². The monoisotopic (exact) mass is 305 g/mol. The van der Waals surface area contributed by atoms with Crippen LogP contribution in [0, 0.1) is 0 Å². The lowest BCUT2D eigenvalue weighted by atomic mass is 9.95. The molecule has 0 saturated carbocycles. The highest BCUT2D eigenvalue weighted by molar-refractivity contribution is 6.30. The molecule has 1 atom stereocenters. The SMILES string of the molecule is O=C1NCCc2ccc(C(Cl)c3cccc(Cl)c3)cc21. The largest absolute Gasteiger partial charge is 0.352 e. The van der Waals surface area contributed by atoms with Crippen LogP contribution in [-0.2, 0) is 6.42 Å². The van der Waals surface area contributed by atoms with Crippen molar-refractivity contribution in [2.75, 3.05) is 6.54 Å². The van der Waals surface area contributed by atoms with Gasteiger partial charge in [0.05, 0.1) is 5.38 Å². The van der Waals surface area contributed by atoms with Crippen LogP contribution < -0.4 is 5.32 Å². The van der Waals surface area contributed by atoms with E-state index >= 15 is 0 Å². The summed E-state index contributed by atoms with van der Waals surface area (Å²) in [5.74, 6) is -0.0249. The van der Waals surface area contributed by atoms with Gasteiger partial charge in [0.1, 0.15) is 0 Å². The second-order valence-electron chi connectivity index (χ2n) is 4.84. The number of rotatable bonds is 2. The smallest absolute Gasteiger partial charge is 0.251 e. The standard InChI is InChI=1S/C16H13Cl2NO/c17-13-3-1-2-11(8-13)15(18)12-5-4-10-6-7-19-16(20)14(10)9-12/h1-5,8-9,15H,6-7H2,(H,19,20). The van der Waals surface area contributed by atoms with E-state index in [1.165, 1.54) is 0 Å². The zero-order valence-corrected chi connectivity index (χ0v) is 12.2. The molecule has 0 saturated heterocycles. The maximum atomic E-state index is 11.9. The number of alkyl halides is 1. The number of carbonyl (C=O) groups is 1. The number of hydrogen-bond acceptors (Lipinski definition) is 1. The summed E-state index contributed by atoms with van der Waals surface area (Å²) in [5.41, 5.74) is 3.63. The number of halogens is 2. The molecule has 20 heavy (non-hydrogen) atoms. The molecule has 1 aliphatic heterocycles. The molecule has 0 spiro atoms. The van der Waals surface area contributed by atoms with Gasteiger partial charge in [-0.25, -0.2) is 0 Å². The number of fused-ring (bicyclic) bond motifs is 1. The molecule has 1 amide bonds. The minimum Gasteiger partial charge on any atom is -0.352 e. The Bertz CT molecular complexity index is 669. The van der Waals surface area contributed by atoms with Crippen LogP contribution in [0.4, 0.5) is 0 Å². The van der Waals surface area contributed by atoms with Gasteiger partial charge in [-0.05, 0) is 41.3 Å². The van der Waals surface area contributed by atoms with Gasteiger partial charge in [-0.3, -0.25) is 4.79 Å². The van der Waals surface area contributed by atoms with Crippen molar-refractivity contribution in [3.05, 3.63) is 69.7 Å². The van der Waals surface area contributed by atoms with E-state index in [0.29, 0.717) is 11.6 Å². The first-order valence-corrected chi connectivity index (χ1v) is 7.27. The predicted octanol–water partition coefficient (Wildman–Crippen LogP) is 3.95. The summed E-state index contributed by atoms with van der Waals surface area (Å²) in [6.07, 6.45) is 0.867. The third-order valence-corrected chi connectivity index (χ3v) is 4.23. The van der Waals surface area contributed by atoms with Crippen molar-refractivity contribution in [1.82, 2.24) is 5.32 Å². The molecular weight excluding hydrogens is 293 g/mol. The predicted molar refractivity (Wildman–Crippen MR) is 81.6 cm³/mol. The summed E-state index contributed by atoms with van der Waals surface area (Å²) >= 11 is 12.5. The molecule has 0 bridgehead atoms. The number of carbonyl (C=O) groups excluding carboxylic acids is 1. The van der Waals surface area contributed by atoms with Crippen LogP contribution in [0.25, 0.3) is 0 Å². The summed E-state index contributed by atoms with van der Waals surface area (Å²) in [7, 11) is 0. The Balaban J connectivity index is 1.98. The Hall–Kier alpha value is -1.51. The van der Waals surface area contributed by atoms with Crippen LogP contribution in [0.5, 0.6) is 0 Å². The zero-order valence-electron chi connectivity index (χ0n) is 10.7. The van der Waals surface area contributed by atoms with Crippen molar-refractivity contribution in [2.24, 2.45) is 0 Å². The highest BCUT2D eigenvalue weighted by Crippen LogP contribution is 2.31. The fourth-order valence-corrected chi connectivity index (χ4v) is 2.91. The molecule has 102 valence electrons. The van der Waals surface area contributed by atoms with E-state index in [1.807, 2.05) is 42.5 Å². The van der Waals surface area contributed by atoms with Gasteiger partial charge in [0.25, 0.3) is 5.91 Å². The van der Waals surface area contributed by atoms with Gasteiger partial charge in [0.15, 0.2) is 0 Å². The van der Waals surface area contributed by atoms with Gasteiger partial charge in [0.2, 0.25) is 0 Å².